The fourth-order valence-electron chi connectivity index (χ4n) is 5.51. The SMILES string of the molecule is C[C@@H]1C[C@H](c2ccc(C(F)(F)F)c3ncccc23)CN(C(C=O)C2CCN(C)CC2)C1. The topological polar surface area (TPSA) is 36.4 Å². The number of piperidine rings is 2. The molecular formula is C24H30F3N3O. The van der Waals surface area contributed by atoms with Crippen LogP contribution in [0, 0.1) is 11.8 Å². The maximum Gasteiger partial charge on any atom is 0.418 e. The maximum absolute atomic E-state index is 13.5. The number of hydrogen-bond donors (Lipinski definition) is 0. The first-order chi connectivity index (χ1) is 14.8. The van der Waals surface area contributed by atoms with Gasteiger partial charge in [-0.2, -0.15) is 13.2 Å². The summed E-state index contributed by atoms with van der Waals surface area (Å²) in [5.41, 5.74) is 0.227. The number of likely N-dealkylation sites (tertiary alicyclic amines) is 2. The molecule has 0 radical (unpaired) electrons. The van der Waals surface area contributed by atoms with Crippen LogP contribution in [0.2, 0.25) is 0 Å². The number of pyridine rings is 1. The molecule has 1 aromatic heterocycles. The third-order valence-corrected chi connectivity index (χ3v) is 7.04. The van der Waals surface area contributed by atoms with E-state index in [1.165, 1.54) is 12.3 Å². The Bertz CT molecular complexity index is 924. The molecule has 4 rings (SSSR count). The van der Waals surface area contributed by atoms with Crippen LogP contribution >= 0.6 is 0 Å². The summed E-state index contributed by atoms with van der Waals surface area (Å²) in [6, 6.07) is 6.10. The standard InChI is InChI=1S/C24H30F3N3O/c1-16-12-18(14-30(13-16)22(15-31)17-7-10-29(2)11-8-17)19-5-6-21(24(25,26)27)23-20(19)4-3-9-28-23/h3-6,9,15-18,22H,7-8,10-14H2,1-2H3/t16-,18+,22?/m1/s1. The highest BCUT2D eigenvalue weighted by atomic mass is 19.4. The van der Waals surface area contributed by atoms with E-state index in [2.05, 4.69) is 28.8 Å². The summed E-state index contributed by atoms with van der Waals surface area (Å²) in [5, 5.41) is 0.568. The van der Waals surface area contributed by atoms with Gasteiger partial charge in [-0.1, -0.05) is 19.1 Å². The van der Waals surface area contributed by atoms with Crippen molar-refractivity contribution in [1.82, 2.24) is 14.8 Å². The Morgan fingerprint density at radius 2 is 1.90 bits per heavy atom. The minimum atomic E-state index is -4.44. The molecule has 1 unspecified atom stereocenters. The first-order valence-corrected chi connectivity index (χ1v) is 11.1. The van der Waals surface area contributed by atoms with Crippen molar-refractivity contribution in [2.75, 3.05) is 33.2 Å². The predicted molar refractivity (Wildman–Crippen MR) is 115 cm³/mol. The van der Waals surface area contributed by atoms with Crippen LogP contribution in [0.3, 0.4) is 0 Å². The van der Waals surface area contributed by atoms with E-state index in [0.717, 1.165) is 50.7 Å². The summed E-state index contributed by atoms with van der Waals surface area (Å²) in [5.74, 6) is 0.776. The van der Waals surface area contributed by atoms with Crippen molar-refractivity contribution in [3.05, 3.63) is 41.6 Å². The van der Waals surface area contributed by atoms with Crippen LogP contribution in [0.15, 0.2) is 30.5 Å². The molecule has 0 saturated carbocycles. The zero-order valence-electron chi connectivity index (χ0n) is 18.1. The van der Waals surface area contributed by atoms with E-state index in [9.17, 15) is 18.0 Å². The lowest BCUT2D eigenvalue weighted by Crippen LogP contribution is -2.51. The molecule has 2 aromatic rings. The van der Waals surface area contributed by atoms with Gasteiger partial charge in [0.05, 0.1) is 17.1 Å². The number of hydrogen-bond acceptors (Lipinski definition) is 4. The molecule has 0 amide bonds. The molecule has 0 N–H and O–H groups in total. The molecule has 168 valence electrons. The summed E-state index contributed by atoms with van der Waals surface area (Å²) in [6.45, 7) is 5.70. The summed E-state index contributed by atoms with van der Waals surface area (Å²) < 4.78 is 40.5. The molecule has 1 aromatic carbocycles. The number of rotatable bonds is 4. The second-order valence-corrected chi connectivity index (χ2v) is 9.36. The molecule has 7 heteroatoms. The zero-order valence-corrected chi connectivity index (χ0v) is 18.1. The fourth-order valence-corrected chi connectivity index (χ4v) is 5.51. The summed E-state index contributed by atoms with van der Waals surface area (Å²) >= 11 is 0. The van der Waals surface area contributed by atoms with Crippen LogP contribution in [0.25, 0.3) is 10.9 Å². The van der Waals surface area contributed by atoms with Gasteiger partial charge in [0.1, 0.15) is 6.29 Å². The third kappa shape index (κ3) is 4.62. The predicted octanol–water partition coefficient (Wildman–Crippen LogP) is 4.59. The molecule has 0 spiro atoms. The van der Waals surface area contributed by atoms with E-state index in [1.54, 1.807) is 18.2 Å². The van der Waals surface area contributed by atoms with Crippen LogP contribution in [0.5, 0.6) is 0 Å². The molecule has 2 aliphatic rings. The molecule has 0 aliphatic carbocycles. The molecule has 2 aliphatic heterocycles. The minimum Gasteiger partial charge on any atom is -0.306 e. The molecule has 3 atom stereocenters. The normalized spacial score (nSPS) is 25.6. The molecule has 2 saturated heterocycles. The number of nitrogens with zero attached hydrogens (tertiary/aromatic N) is 3. The van der Waals surface area contributed by atoms with E-state index in [-0.39, 0.29) is 17.5 Å². The highest BCUT2D eigenvalue weighted by Gasteiger charge is 2.37. The van der Waals surface area contributed by atoms with Gasteiger partial charge in [0.15, 0.2) is 0 Å². The van der Waals surface area contributed by atoms with Crippen molar-refractivity contribution in [2.24, 2.45) is 11.8 Å². The zero-order chi connectivity index (χ0) is 22.2. The van der Waals surface area contributed by atoms with Gasteiger partial charge >= 0.3 is 6.18 Å². The number of fused-ring (bicyclic) bond motifs is 1. The van der Waals surface area contributed by atoms with Gasteiger partial charge in [0.25, 0.3) is 0 Å². The first-order valence-electron chi connectivity index (χ1n) is 11.1. The number of aldehydes is 1. The Hall–Kier alpha value is -1.99. The molecule has 0 bridgehead atoms. The Labute approximate surface area is 181 Å². The Morgan fingerprint density at radius 3 is 2.58 bits per heavy atom. The number of carbonyl (C=O) groups is 1. The van der Waals surface area contributed by atoms with Crippen LogP contribution in [-0.2, 0) is 11.0 Å². The van der Waals surface area contributed by atoms with Gasteiger partial charge in [-0.15, -0.1) is 0 Å². The van der Waals surface area contributed by atoms with Gasteiger partial charge in [0.2, 0.25) is 0 Å². The number of carbonyl (C=O) groups excluding carboxylic acids is 1. The van der Waals surface area contributed by atoms with Crippen LogP contribution in [0.4, 0.5) is 13.2 Å². The van der Waals surface area contributed by atoms with Gasteiger partial charge < -0.3 is 9.69 Å². The van der Waals surface area contributed by atoms with Crippen molar-refractivity contribution < 1.29 is 18.0 Å². The minimum absolute atomic E-state index is 0.0135. The van der Waals surface area contributed by atoms with E-state index < -0.39 is 11.7 Å². The second-order valence-electron chi connectivity index (χ2n) is 9.36. The number of halogens is 3. The molecular weight excluding hydrogens is 403 g/mol. The highest BCUT2D eigenvalue weighted by Crippen LogP contribution is 2.40. The van der Waals surface area contributed by atoms with Gasteiger partial charge in [-0.05, 0) is 74.8 Å². The quantitative estimate of drug-likeness (QED) is 0.661. The lowest BCUT2D eigenvalue weighted by atomic mass is 9.81. The number of benzene rings is 1. The van der Waals surface area contributed by atoms with Crippen molar-refractivity contribution in [3.63, 3.8) is 0 Å². The lowest BCUT2D eigenvalue weighted by molar-refractivity contribution is -0.136. The molecule has 2 fully saturated rings. The first kappa shape index (κ1) is 22.2. The van der Waals surface area contributed by atoms with Crippen LogP contribution in [-0.4, -0.2) is 60.3 Å². The largest absolute Gasteiger partial charge is 0.418 e. The number of alkyl halides is 3. The van der Waals surface area contributed by atoms with Crippen molar-refractivity contribution >= 4 is 17.2 Å². The molecule has 4 nitrogen and oxygen atoms in total. The van der Waals surface area contributed by atoms with Crippen molar-refractivity contribution in [3.8, 4) is 0 Å². The van der Waals surface area contributed by atoms with Crippen molar-refractivity contribution in [2.45, 2.75) is 44.3 Å². The smallest absolute Gasteiger partial charge is 0.306 e. The molecule has 31 heavy (non-hydrogen) atoms. The Balaban J connectivity index is 1.64. The van der Waals surface area contributed by atoms with Crippen molar-refractivity contribution in [1.29, 1.82) is 0 Å². The Morgan fingerprint density at radius 1 is 1.16 bits per heavy atom. The lowest BCUT2D eigenvalue weighted by Gasteiger charge is -2.43. The molecule has 3 heterocycles. The summed E-state index contributed by atoms with van der Waals surface area (Å²) in [7, 11) is 2.11. The third-order valence-electron chi connectivity index (χ3n) is 7.04. The van der Waals surface area contributed by atoms with E-state index >= 15 is 0 Å². The summed E-state index contributed by atoms with van der Waals surface area (Å²) in [6.07, 6.45) is 0.973. The van der Waals surface area contributed by atoms with Gasteiger partial charge in [-0.3, -0.25) is 9.88 Å². The second kappa shape index (κ2) is 8.87. The van der Waals surface area contributed by atoms with Gasteiger partial charge in [0, 0.05) is 24.7 Å². The fraction of sp³-hybridized carbons (Fsp3) is 0.583. The average Bonchev–Trinajstić information content (AvgIpc) is 2.73. The van der Waals surface area contributed by atoms with Gasteiger partial charge in [-0.25, -0.2) is 0 Å². The summed E-state index contributed by atoms with van der Waals surface area (Å²) in [4.78, 5) is 20.8. The maximum atomic E-state index is 13.5. The monoisotopic (exact) mass is 433 g/mol. The highest BCUT2D eigenvalue weighted by molar-refractivity contribution is 5.86. The van der Waals surface area contributed by atoms with E-state index in [1.807, 2.05) is 0 Å². The Kier molecular flexibility index (Phi) is 6.35. The van der Waals surface area contributed by atoms with Crippen LogP contribution < -0.4 is 0 Å². The van der Waals surface area contributed by atoms with E-state index in [4.69, 9.17) is 0 Å². The number of aromatic nitrogens is 1. The average molecular weight is 434 g/mol. The van der Waals surface area contributed by atoms with Crippen LogP contribution in [0.1, 0.15) is 43.2 Å². The van der Waals surface area contributed by atoms with E-state index in [0.29, 0.717) is 23.8 Å².